The number of aromatic nitrogens is 2. The predicted octanol–water partition coefficient (Wildman–Crippen LogP) is 2.82. The first-order chi connectivity index (χ1) is 12.0. The van der Waals surface area contributed by atoms with Crippen LogP contribution in [0.4, 0.5) is 0 Å². The fourth-order valence-corrected chi connectivity index (χ4v) is 3.73. The Bertz CT molecular complexity index is 902. The normalized spacial score (nSPS) is 16.7. The van der Waals surface area contributed by atoms with Crippen molar-refractivity contribution >= 4 is 0 Å². The van der Waals surface area contributed by atoms with Crippen LogP contribution in [0.15, 0.2) is 16.9 Å². The van der Waals surface area contributed by atoms with Crippen LogP contribution in [-0.2, 0) is 17.8 Å². The third-order valence-corrected chi connectivity index (χ3v) is 4.92. The molecule has 1 N–H and O–H groups in total. The van der Waals surface area contributed by atoms with Crippen LogP contribution < -0.4 is 5.56 Å². The van der Waals surface area contributed by atoms with E-state index in [0.29, 0.717) is 18.7 Å². The largest absolute Gasteiger partial charge is 0.493 e. The number of aryl methyl sites for hydroxylation is 2. The number of hydrogen-bond acceptors (Lipinski definition) is 3. The van der Waals surface area contributed by atoms with Gasteiger partial charge in [-0.3, -0.25) is 9.48 Å². The van der Waals surface area contributed by atoms with Gasteiger partial charge in [0, 0.05) is 25.8 Å². The minimum atomic E-state index is -0.144. The molecule has 1 aliphatic heterocycles. The van der Waals surface area contributed by atoms with Crippen molar-refractivity contribution in [3.63, 3.8) is 0 Å². The lowest BCUT2D eigenvalue weighted by molar-refractivity contribution is 0.0873. The van der Waals surface area contributed by atoms with Gasteiger partial charge in [0.15, 0.2) is 0 Å². The summed E-state index contributed by atoms with van der Waals surface area (Å²) in [6.07, 6.45) is 1.66. The summed E-state index contributed by atoms with van der Waals surface area (Å²) in [6, 6.07) is 3.93. The van der Waals surface area contributed by atoms with E-state index >= 15 is 0 Å². The van der Waals surface area contributed by atoms with Gasteiger partial charge in [-0.1, -0.05) is 5.92 Å². The Hall–Kier alpha value is -2.45. The van der Waals surface area contributed by atoms with Crippen LogP contribution in [0.25, 0.3) is 11.1 Å². The standard InChI is InChI=1S/C20H24N2O3/c1-5-6-15-11-13(2)17(14(3)12-15)18-19(23)21-9-7-16(25-4)8-10-22(21)20(18)24/h11-12,16,23H,7-10H2,1-4H3. The molecule has 0 aliphatic carbocycles. The van der Waals surface area contributed by atoms with Crippen LogP contribution in [0.3, 0.4) is 0 Å². The fraction of sp³-hybridized carbons (Fsp3) is 0.450. The molecule has 1 aliphatic rings. The Morgan fingerprint density at radius 3 is 2.28 bits per heavy atom. The van der Waals surface area contributed by atoms with E-state index in [1.807, 2.05) is 26.0 Å². The third kappa shape index (κ3) is 2.98. The number of methoxy groups -OCH3 is 1. The Labute approximate surface area is 147 Å². The Morgan fingerprint density at radius 2 is 1.72 bits per heavy atom. The van der Waals surface area contributed by atoms with Gasteiger partial charge in [-0.15, -0.1) is 5.92 Å². The van der Waals surface area contributed by atoms with Gasteiger partial charge in [0.05, 0.1) is 6.10 Å². The van der Waals surface area contributed by atoms with E-state index in [9.17, 15) is 9.90 Å². The monoisotopic (exact) mass is 340 g/mol. The molecule has 0 saturated heterocycles. The summed E-state index contributed by atoms with van der Waals surface area (Å²) in [7, 11) is 1.69. The van der Waals surface area contributed by atoms with Crippen LogP contribution in [0.5, 0.6) is 5.88 Å². The summed E-state index contributed by atoms with van der Waals surface area (Å²) >= 11 is 0. The molecule has 1 atom stereocenters. The highest BCUT2D eigenvalue weighted by molar-refractivity contribution is 5.75. The van der Waals surface area contributed by atoms with E-state index < -0.39 is 0 Å². The first-order valence-electron chi connectivity index (χ1n) is 8.57. The second-order valence-electron chi connectivity index (χ2n) is 6.55. The molecule has 132 valence electrons. The Balaban J connectivity index is 2.15. The van der Waals surface area contributed by atoms with Crippen molar-refractivity contribution in [2.45, 2.75) is 52.8 Å². The number of rotatable bonds is 2. The summed E-state index contributed by atoms with van der Waals surface area (Å²) in [5.41, 5.74) is 3.87. The maximum absolute atomic E-state index is 13.0. The van der Waals surface area contributed by atoms with Gasteiger partial charge in [0.2, 0.25) is 5.88 Å². The minimum Gasteiger partial charge on any atom is -0.493 e. The molecule has 3 rings (SSSR count). The highest BCUT2D eigenvalue weighted by Crippen LogP contribution is 2.33. The van der Waals surface area contributed by atoms with Crippen molar-refractivity contribution in [1.82, 2.24) is 9.36 Å². The first kappa shape index (κ1) is 17.4. The predicted molar refractivity (Wildman–Crippen MR) is 97.8 cm³/mol. The summed E-state index contributed by atoms with van der Waals surface area (Å²) in [6.45, 7) is 6.82. The zero-order chi connectivity index (χ0) is 18.1. The van der Waals surface area contributed by atoms with E-state index in [-0.39, 0.29) is 17.5 Å². The van der Waals surface area contributed by atoms with Crippen LogP contribution >= 0.6 is 0 Å². The number of hydrogen-bond donors (Lipinski definition) is 1. The van der Waals surface area contributed by atoms with Gasteiger partial charge >= 0.3 is 0 Å². The van der Waals surface area contributed by atoms with E-state index in [1.54, 1.807) is 23.4 Å². The lowest BCUT2D eigenvalue weighted by atomic mass is 9.95. The van der Waals surface area contributed by atoms with Crippen molar-refractivity contribution in [3.05, 3.63) is 39.2 Å². The molecule has 1 aromatic heterocycles. The van der Waals surface area contributed by atoms with E-state index in [4.69, 9.17) is 4.74 Å². The van der Waals surface area contributed by atoms with Crippen molar-refractivity contribution in [2.24, 2.45) is 0 Å². The fourth-order valence-electron chi connectivity index (χ4n) is 3.73. The highest BCUT2D eigenvalue weighted by Gasteiger charge is 2.26. The number of fused-ring (bicyclic) bond motifs is 1. The summed E-state index contributed by atoms with van der Waals surface area (Å²) in [5.74, 6) is 5.99. The average molecular weight is 340 g/mol. The highest BCUT2D eigenvalue weighted by atomic mass is 16.5. The van der Waals surface area contributed by atoms with Gasteiger partial charge < -0.3 is 9.84 Å². The molecule has 1 unspecified atom stereocenters. The van der Waals surface area contributed by atoms with Crippen molar-refractivity contribution in [3.8, 4) is 28.8 Å². The zero-order valence-corrected chi connectivity index (χ0v) is 15.2. The van der Waals surface area contributed by atoms with E-state index in [1.165, 1.54) is 0 Å². The molecule has 0 fully saturated rings. The van der Waals surface area contributed by atoms with Gasteiger partial charge in [-0.2, -0.15) is 0 Å². The second-order valence-corrected chi connectivity index (χ2v) is 6.55. The first-order valence-corrected chi connectivity index (χ1v) is 8.57. The van der Waals surface area contributed by atoms with E-state index in [0.717, 1.165) is 35.1 Å². The van der Waals surface area contributed by atoms with E-state index in [2.05, 4.69) is 11.8 Å². The molecule has 5 nitrogen and oxygen atoms in total. The lowest BCUT2D eigenvalue weighted by Crippen LogP contribution is -2.22. The van der Waals surface area contributed by atoms with Gasteiger partial charge in [0.1, 0.15) is 5.56 Å². The van der Waals surface area contributed by atoms with Gasteiger partial charge in [0.25, 0.3) is 5.56 Å². The van der Waals surface area contributed by atoms with Crippen LogP contribution in [-0.4, -0.2) is 27.7 Å². The van der Waals surface area contributed by atoms with Gasteiger partial charge in [-0.05, 0) is 62.4 Å². The molecule has 5 heteroatoms. The molecule has 0 radical (unpaired) electrons. The zero-order valence-electron chi connectivity index (χ0n) is 15.2. The van der Waals surface area contributed by atoms with Crippen LogP contribution in [0.2, 0.25) is 0 Å². The van der Waals surface area contributed by atoms with Crippen LogP contribution in [0, 0.1) is 25.7 Å². The second kappa shape index (κ2) is 6.81. The maximum Gasteiger partial charge on any atom is 0.278 e. The van der Waals surface area contributed by atoms with Crippen molar-refractivity contribution in [2.75, 3.05) is 7.11 Å². The Morgan fingerprint density at radius 1 is 1.12 bits per heavy atom. The molecular weight excluding hydrogens is 316 g/mol. The van der Waals surface area contributed by atoms with Crippen LogP contribution in [0.1, 0.15) is 36.5 Å². The molecule has 25 heavy (non-hydrogen) atoms. The topological polar surface area (TPSA) is 56.4 Å². The maximum atomic E-state index is 13.0. The van der Waals surface area contributed by atoms with Gasteiger partial charge in [-0.25, -0.2) is 4.68 Å². The number of nitrogens with zero attached hydrogens (tertiary/aromatic N) is 2. The number of ether oxygens (including phenoxy) is 1. The summed E-state index contributed by atoms with van der Waals surface area (Å²) < 4.78 is 8.75. The molecule has 0 saturated carbocycles. The van der Waals surface area contributed by atoms with Crippen molar-refractivity contribution < 1.29 is 9.84 Å². The summed E-state index contributed by atoms with van der Waals surface area (Å²) in [4.78, 5) is 13.0. The SMILES string of the molecule is CC#Cc1cc(C)c(-c2c(O)n3n(c2=O)CCC(OC)CC3)c(C)c1. The quantitative estimate of drug-likeness (QED) is 0.855. The minimum absolute atomic E-state index is 0.0438. The molecule has 2 aromatic rings. The molecule has 2 heterocycles. The Kier molecular flexibility index (Phi) is 4.73. The molecule has 1 aromatic carbocycles. The van der Waals surface area contributed by atoms with Crippen molar-refractivity contribution in [1.29, 1.82) is 0 Å². The average Bonchev–Trinajstić information content (AvgIpc) is 2.73. The molecular formula is C20H24N2O3. The lowest BCUT2D eigenvalue weighted by Gasteiger charge is -2.11. The third-order valence-electron chi connectivity index (χ3n) is 4.92. The molecule has 0 spiro atoms. The summed E-state index contributed by atoms with van der Waals surface area (Å²) in [5, 5.41) is 10.8. The smallest absolute Gasteiger partial charge is 0.278 e. The number of benzene rings is 1. The molecule has 0 bridgehead atoms. The number of aromatic hydroxyl groups is 1. The molecule has 0 amide bonds.